The van der Waals surface area contributed by atoms with E-state index < -0.39 is 20.2 Å². The van der Waals surface area contributed by atoms with E-state index in [4.69, 9.17) is 21.4 Å². The van der Waals surface area contributed by atoms with Gasteiger partial charge in [-0.15, -0.1) is 0 Å². The van der Waals surface area contributed by atoms with E-state index in [9.17, 15) is 9.36 Å². The van der Waals surface area contributed by atoms with Gasteiger partial charge in [-0.2, -0.15) is 0 Å². The third-order valence-electron chi connectivity index (χ3n) is 2.76. The second-order valence-electron chi connectivity index (χ2n) is 4.11. The number of nitrogens with zero attached hydrogens (tertiary/aromatic N) is 1. The highest BCUT2D eigenvalue weighted by Crippen LogP contribution is 2.37. The maximum Gasteiger partial charge on any atom is 0.683 e. The number of carbonyl (C=O) groups is 1. The topological polar surface area (TPSA) is 66.8 Å². The van der Waals surface area contributed by atoms with Crippen molar-refractivity contribution in [3.63, 3.8) is 0 Å². The molecule has 1 N–H and O–H groups in total. The molecule has 5 nitrogen and oxygen atoms in total. The zero-order valence-electron chi connectivity index (χ0n) is 10.6. The number of carboxylic acids is 1. The van der Waals surface area contributed by atoms with E-state index in [-0.39, 0.29) is 0 Å². The van der Waals surface area contributed by atoms with Gasteiger partial charge in [-0.1, -0.05) is 36.4 Å². The maximum atomic E-state index is 12.0. The SMILES string of the molecule is CC(C(=O)O)N(Cl)[P+](=O)Oc1cccc2ccccc12. The largest absolute Gasteiger partial charge is 0.683 e. The van der Waals surface area contributed by atoms with Crippen LogP contribution >= 0.6 is 20.0 Å². The summed E-state index contributed by atoms with van der Waals surface area (Å²) in [6, 6.07) is 11.6. The highest BCUT2D eigenvalue weighted by molar-refractivity contribution is 7.38. The molecule has 20 heavy (non-hydrogen) atoms. The van der Waals surface area contributed by atoms with Gasteiger partial charge < -0.3 is 5.11 Å². The lowest BCUT2D eigenvalue weighted by Crippen LogP contribution is -2.27. The lowest BCUT2D eigenvalue weighted by Gasteiger charge is -2.06. The van der Waals surface area contributed by atoms with Crippen molar-refractivity contribution in [1.82, 2.24) is 4.19 Å². The van der Waals surface area contributed by atoms with Crippen LogP contribution in [0.15, 0.2) is 42.5 Å². The summed E-state index contributed by atoms with van der Waals surface area (Å²) in [4.78, 5) is 10.8. The molecule has 0 spiro atoms. The second-order valence-corrected chi connectivity index (χ2v) is 5.80. The Morgan fingerprint density at radius 3 is 2.65 bits per heavy atom. The molecule has 104 valence electrons. The van der Waals surface area contributed by atoms with Gasteiger partial charge in [-0.05, 0) is 18.4 Å². The van der Waals surface area contributed by atoms with Gasteiger partial charge in [0.1, 0.15) is 0 Å². The Morgan fingerprint density at radius 1 is 1.30 bits per heavy atom. The number of halogens is 1. The predicted molar refractivity (Wildman–Crippen MR) is 77.0 cm³/mol. The molecule has 0 bridgehead atoms. The number of hydrogen-bond donors (Lipinski definition) is 1. The molecule has 0 fully saturated rings. The van der Waals surface area contributed by atoms with E-state index in [1.807, 2.05) is 30.3 Å². The van der Waals surface area contributed by atoms with Crippen LogP contribution < -0.4 is 4.52 Å². The van der Waals surface area contributed by atoms with Gasteiger partial charge in [0.15, 0.2) is 11.8 Å². The molecule has 0 heterocycles. The lowest BCUT2D eigenvalue weighted by molar-refractivity contribution is -0.139. The predicted octanol–water partition coefficient (Wildman–Crippen LogP) is 3.80. The third-order valence-corrected chi connectivity index (χ3v) is 4.43. The molecule has 7 heteroatoms. The summed E-state index contributed by atoms with van der Waals surface area (Å²) < 4.78 is 17.9. The summed E-state index contributed by atoms with van der Waals surface area (Å²) in [5.74, 6) is -0.780. The molecule has 0 amide bonds. The minimum Gasteiger partial charge on any atom is -0.480 e. The lowest BCUT2D eigenvalue weighted by atomic mass is 10.1. The van der Waals surface area contributed by atoms with Crippen LogP contribution in [0.3, 0.4) is 0 Å². The van der Waals surface area contributed by atoms with Gasteiger partial charge in [0.05, 0.1) is 0 Å². The summed E-state index contributed by atoms with van der Waals surface area (Å²) in [5, 5.41) is 10.5. The van der Waals surface area contributed by atoms with Crippen molar-refractivity contribution >= 4 is 36.7 Å². The fraction of sp³-hybridized carbons (Fsp3) is 0.154. The van der Waals surface area contributed by atoms with Gasteiger partial charge in [0.2, 0.25) is 0 Å². The van der Waals surface area contributed by atoms with Crippen LogP contribution in [0.2, 0.25) is 0 Å². The molecular formula is C13H12ClNO4P+. The Labute approximate surface area is 121 Å². The zero-order chi connectivity index (χ0) is 14.7. The van der Waals surface area contributed by atoms with Crippen molar-refractivity contribution < 1.29 is 19.0 Å². The molecule has 2 rings (SSSR count). The normalized spacial score (nSPS) is 13.2. The molecule has 2 atom stereocenters. The summed E-state index contributed by atoms with van der Waals surface area (Å²) in [6.45, 7) is 1.33. The molecule has 2 aromatic carbocycles. The van der Waals surface area contributed by atoms with E-state index in [0.717, 1.165) is 10.8 Å². The standard InChI is InChI=1S/C13H11ClNO4P/c1-9(13(16)17)15(14)20(18)19-12-8-4-6-10-5-2-3-7-11(10)12/h2-9H,1H3/p+1. The van der Waals surface area contributed by atoms with E-state index in [1.165, 1.54) is 6.92 Å². The summed E-state index contributed by atoms with van der Waals surface area (Å²) >= 11 is 5.72. The van der Waals surface area contributed by atoms with Crippen LogP contribution in [-0.2, 0) is 9.36 Å². The fourth-order valence-electron chi connectivity index (χ4n) is 1.63. The Balaban J connectivity index is 2.24. The van der Waals surface area contributed by atoms with E-state index in [0.29, 0.717) is 9.94 Å². The number of aliphatic carboxylic acids is 1. The Bertz CT molecular complexity index is 658. The first-order valence-corrected chi connectivity index (χ1v) is 7.28. The average molecular weight is 313 g/mol. The van der Waals surface area contributed by atoms with Crippen LogP contribution in [-0.4, -0.2) is 21.3 Å². The number of carboxylic acid groups (broad SMARTS) is 1. The molecule has 2 aromatic rings. The monoisotopic (exact) mass is 312 g/mol. The van der Waals surface area contributed by atoms with E-state index in [2.05, 4.69) is 0 Å². The molecule has 0 radical (unpaired) electrons. The maximum absolute atomic E-state index is 12.0. The first-order chi connectivity index (χ1) is 9.50. The zero-order valence-corrected chi connectivity index (χ0v) is 12.2. The number of fused-ring (bicyclic) bond motifs is 1. The van der Waals surface area contributed by atoms with Crippen molar-refractivity contribution in [3.05, 3.63) is 42.5 Å². The Morgan fingerprint density at radius 2 is 1.95 bits per heavy atom. The molecule has 2 unspecified atom stereocenters. The molecule has 0 saturated carbocycles. The highest BCUT2D eigenvalue weighted by Gasteiger charge is 2.39. The van der Waals surface area contributed by atoms with Crippen LogP contribution in [0.4, 0.5) is 0 Å². The van der Waals surface area contributed by atoms with Crippen LogP contribution in [0.1, 0.15) is 6.92 Å². The molecule has 0 aliphatic rings. The summed E-state index contributed by atoms with van der Waals surface area (Å²) in [5.41, 5.74) is 0. The van der Waals surface area contributed by atoms with E-state index in [1.54, 1.807) is 12.1 Å². The Hall–Kier alpha value is -1.68. The summed E-state index contributed by atoms with van der Waals surface area (Å²) in [7, 11) is -2.50. The molecule has 0 saturated heterocycles. The van der Waals surface area contributed by atoms with E-state index >= 15 is 0 Å². The van der Waals surface area contributed by atoms with Crippen molar-refractivity contribution in [2.75, 3.05) is 0 Å². The number of hydrogen-bond acceptors (Lipinski definition) is 3. The molecule has 0 aromatic heterocycles. The number of rotatable bonds is 5. The average Bonchev–Trinajstić information content (AvgIpc) is 2.46. The van der Waals surface area contributed by atoms with Crippen molar-refractivity contribution in [3.8, 4) is 5.75 Å². The van der Waals surface area contributed by atoms with Crippen molar-refractivity contribution in [2.45, 2.75) is 13.0 Å². The van der Waals surface area contributed by atoms with Crippen LogP contribution in [0.5, 0.6) is 5.75 Å². The Kier molecular flexibility index (Phi) is 4.55. The third kappa shape index (κ3) is 3.07. The molecule has 0 aliphatic carbocycles. The smallest absolute Gasteiger partial charge is 0.480 e. The molecular weight excluding hydrogens is 301 g/mol. The highest BCUT2D eigenvalue weighted by atomic mass is 35.5. The van der Waals surface area contributed by atoms with Gasteiger partial charge in [0, 0.05) is 25.9 Å². The first kappa shape index (κ1) is 14.7. The quantitative estimate of drug-likeness (QED) is 0.672. The van der Waals surface area contributed by atoms with Gasteiger partial charge in [0.25, 0.3) is 0 Å². The van der Waals surface area contributed by atoms with Crippen molar-refractivity contribution in [2.24, 2.45) is 0 Å². The van der Waals surface area contributed by atoms with Gasteiger partial charge in [-0.3, -0.25) is 4.79 Å². The first-order valence-electron chi connectivity index (χ1n) is 5.81. The minimum atomic E-state index is -2.50. The number of benzene rings is 2. The van der Waals surface area contributed by atoms with Crippen molar-refractivity contribution in [1.29, 1.82) is 0 Å². The summed E-state index contributed by atoms with van der Waals surface area (Å²) in [6.07, 6.45) is 0. The van der Waals surface area contributed by atoms with Crippen LogP contribution in [0, 0.1) is 0 Å². The van der Waals surface area contributed by atoms with Gasteiger partial charge >= 0.3 is 14.1 Å². The van der Waals surface area contributed by atoms with Gasteiger partial charge in [-0.25, -0.2) is 4.52 Å². The molecule has 0 aliphatic heterocycles. The van der Waals surface area contributed by atoms with Crippen LogP contribution in [0.25, 0.3) is 10.8 Å². The minimum absolute atomic E-state index is 0.396. The fourth-order valence-corrected chi connectivity index (χ4v) is 2.59. The second kappa shape index (κ2) is 6.18.